The summed E-state index contributed by atoms with van der Waals surface area (Å²) in [4.78, 5) is 5.73. The first-order chi connectivity index (χ1) is 11.7. The predicted octanol–water partition coefficient (Wildman–Crippen LogP) is 6.37. The number of aromatic nitrogens is 1. The summed E-state index contributed by atoms with van der Waals surface area (Å²) in [6.45, 7) is 4.31. The normalized spacial score (nSPS) is 10.8. The fraction of sp³-hybridized carbons (Fsp3) is 0.190. The Labute approximate surface area is 147 Å². The highest BCUT2D eigenvalue weighted by Gasteiger charge is 2.13. The minimum Gasteiger partial charge on any atom is -0.255 e. The molecule has 1 nitrogen and oxygen atoms in total. The van der Waals surface area contributed by atoms with Gasteiger partial charge in [0, 0.05) is 22.2 Å². The second-order valence-corrected chi connectivity index (χ2v) is 6.84. The fourth-order valence-corrected chi connectivity index (χ4v) is 3.57. The number of rotatable bonds is 5. The molecule has 0 atom stereocenters. The molecule has 24 heavy (non-hydrogen) atoms. The van der Waals surface area contributed by atoms with E-state index in [2.05, 4.69) is 37.0 Å². The molecule has 0 unspecified atom stereocenters. The average molecular weight is 337 g/mol. The third kappa shape index (κ3) is 3.51. The Morgan fingerprint density at radius 3 is 2.58 bits per heavy atom. The third-order valence-corrected chi connectivity index (χ3v) is 5.26. The van der Waals surface area contributed by atoms with E-state index in [0.717, 1.165) is 23.3 Å². The summed E-state index contributed by atoms with van der Waals surface area (Å²) in [5.41, 5.74) is 4.53. The Kier molecular flexibility index (Phi) is 5.31. The molecule has 0 aliphatic rings. The Morgan fingerprint density at radius 2 is 1.79 bits per heavy atom. The lowest BCUT2D eigenvalue weighted by Crippen LogP contribution is -1.92. The molecule has 1 heterocycles. The summed E-state index contributed by atoms with van der Waals surface area (Å²) >= 11 is 1.87. The van der Waals surface area contributed by atoms with E-state index >= 15 is 0 Å². The van der Waals surface area contributed by atoms with Gasteiger partial charge in [0.2, 0.25) is 0 Å². The molecule has 0 spiro atoms. The topological polar surface area (TPSA) is 12.9 Å². The minimum absolute atomic E-state index is 0.245. The van der Waals surface area contributed by atoms with Crippen molar-refractivity contribution in [2.24, 2.45) is 0 Å². The molecular weight excluding hydrogens is 317 g/mol. The molecule has 0 N–H and O–H groups in total. The van der Waals surface area contributed by atoms with Crippen LogP contribution in [0.15, 0.2) is 65.7 Å². The second kappa shape index (κ2) is 7.63. The van der Waals surface area contributed by atoms with Gasteiger partial charge in [-0.05, 0) is 54.5 Å². The minimum atomic E-state index is -0.245. The van der Waals surface area contributed by atoms with E-state index in [1.807, 2.05) is 30.0 Å². The van der Waals surface area contributed by atoms with Crippen LogP contribution in [0, 0.1) is 12.7 Å². The Balaban J connectivity index is 2.10. The van der Waals surface area contributed by atoms with Crippen molar-refractivity contribution in [3.63, 3.8) is 0 Å². The number of nitrogens with zero attached hydrogens (tertiary/aromatic N) is 1. The van der Waals surface area contributed by atoms with Crippen molar-refractivity contribution in [3.05, 3.63) is 72.2 Å². The van der Waals surface area contributed by atoms with Crippen molar-refractivity contribution in [1.82, 2.24) is 4.98 Å². The molecular formula is C21H20FNS. The maximum atomic E-state index is 14.2. The summed E-state index contributed by atoms with van der Waals surface area (Å²) in [6, 6.07) is 17.1. The van der Waals surface area contributed by atoms with Gasteiger partial charge < -0.3 is 0 Å². The first-order valence-electron chi connectivity index (χ1n) is 8.14. The SMILES string of the molecule is CCCSc1cc(-c2cccnc2-c2ccccc2F)ccc1C. The third-order valence-electron chi connectivity index (χ3n) is 3.90. The second-order valence-electron chi connectivity index (χ2n) is 5.71. The van der Waals surface area contributed by atoms with Gasteiger partial charge in [0.05, 0.1) is 5.69 Å². The Bertz CT molecular complexity index is 845. The number of benzene rings is 2. The number of halogens is 1. The van der Waals surface area contributed by atoms with E-state index in [1.165, 1.54) is 16.5 Å². The Morgan fingerprint density at radius 1 is 1.00 bits per heavy atom. The zero-order valence-corrected chi connectivity index (χ0v) is 14.7. The molecule has 0 aliphatic heterocycles. The molecule has 3 aromatic rings. The number of aryl methyl sites for hydroxylation is 1. The van der Waals surface area contributed by atoms with Gasteiger partial charge in [-0.15, -0.1) is 11.8 Å². The van der Waals surface area contributed by atoms with E-state index in [1.54, 1.807) is 18.3 Å². The fourth-order valence-electron chi connectivity index (χ4n) is 2.64. The van der Waals surface area contributed by atoms with Crippen LogP contribution in [0.2, 0.25) is 0 Å². The maximum Gasteiger partial charge on any atom is 0.132 e. The zero-order valence-electron chi connectivity index (χ0n) is 13.9. The average Bonchev–Trinajstić information content (AvgIpc) is 2.61. The molecule has 0 amide bonds. The van der Waals surface area contributed by atoms with Gasteiger partial charge in [0.15, 0.2) is 0 Å². The lowest BCUT2D eigenvalue weighted by molar-refractivity contribution is 0.631. The van der Waals surface area contributed by atoms with Crippen LogP contribution in [0.1, 0.15) is 18.9 Å². The molecule has 0 aliphatic carbocycles. The molecule has 0 fully saturated rings. The lowest BCUT2D eigenvalue weighted by Gasteiger charge is -2.12. The summed E-state index contributed by atoms with van der Waals surface area (Å²) in [5.74, 6) is 0.850. The first-order valence-corrected chi connectivity index (χ1v) is 9.13. The summed E-state index contributed by atoms with van der Waals surface area (Å²) < 4.78 is 14.2. The maximum absolute atomic E-state index is 14.2. The number of thioether (sulfide) groups is 1. The van der Waals surface area contributed by atoms with Gasteiger partial charge in [0.1, 0.15) is 5.82 Å². The highest BCUT2D eigenvalue weighted by atomic mass is 32.2. The molecule has 1 aromatic heterocycles. The number of pyridine rings is 1. The summed E-state index contributed by atoms with van der Waals surface area (Å²) in [6.07, 6.45) is 2.86. The van der Waals surface area contributed by atoms with Gasteiger partial charge >= 0.3 is 0 Å². The molecule has 0 radical (unpaired) electrons. The monoisotopic (exact) mass is 337 g/mol. The van der Waals surface area contributed by atoms with Crippen LogP contribution >= 0.6 is 11.8 Å². The van der Waals surface area contributed by atoms with Crippen LogP contribution in [-0.4, -0.2) is 10.7 Å². The van der Waals surface area contributed by atoms with E-state index < -0.39 is 0 Å². The first kappa shape index (κ1) is 16.7. The summed E-state index contributed by atoms with van der Waals surface area (Å²) in [7, 11) is 0. The van der Waals surface area contributed by atoms with Crippen LogP contribution in [0.25, 0.3) is 22.4 Å². The van der Waals surface area contributed by atoms with Crippen molar-refractivity contribution in [2.45, 2.75) is 25.2 Å². The Hall–Kier alpha value is -2.13. The van der Waals surface area contributed by atoms with Crippen molar-refractivity contribution in [1.29, 1.82) is 0 Å². The highest BCUT2D eigenvalue weighted by Crippen LogP contribution is 2.34. The van der Waals surface area contributed by atoms with Crippen molar-refractivity contribution in [3.8, 4) is 22.4 Å². The van der Waals surface area contributed by atoms with Gasteiger partial charge in [-0.3, -0.25) is 4.98 Å². The highest BCUT2D eigenvalue weighted by molar-refractivity contribution is 7.99. The van der Waals surface area contributed by atoms with Crippen LogP contribution in [-0.2, 0) is 0 Å². The number of hydrogen-bond acceptors (Lipinski definition) is 2. The lowest BCUT2D eigenvalue weighted by atomic mass is 9.98. The molecule has 0 saturated carbocycles. The summed E-state index contributed by atoms with van der Waals surface area (Å²) in [5, 5.41) is 0. The van der Waals surface area contributed by atoms with Crippen molar-refractivity contribution in [2.75, 3.05) is 5.75 Å². The van der Waals surface area contributed by atoms with E-state index in [0.29, 0.717) is 11.3 Å². The molecule has 0 bridgehead atoms. The van der Waals surface area contributed by atoms with Crippen LogP contribution in [0.4, 0.5) is 4.39 Å². The quantitative estimate of drug-likeness (QED) is 0.502. The van der Waals surface area contributed by atoms with Crippen molar-refractivity contribution < 1.29 is 4.39 Å². The standard InChI is InChI=1S/C21H20FNS/c1-3-13-24-20-14-16(11-10-15(20)2)17-8-6-12-23-21(17)18-7-4-5-9-19(18)22/h4-12,14H,3,13H2,1-2H3. The largest absolute Gasteiger partial charge is 0.255 e. The van der Waals surface area contributed by atoms with E-state index in [9.17, 15) is 4.39 Å². The van der Waals surface area contributed by atoms with Crippen molar-refractivity contribution >= 4 is 11.8 Å². The van der Waals surface area contributed by atoms with Crippen LogP contribution < -0.4 is 0 Å². The molecule has 3 rings (SSSR count). The van der Waals surface area contributed by atoms with Gasteiger partial charge in [-0.1, -0.05) is 37.3 Å². The molecule has 122 valence electrons. The molecule has 2 aromatic carbocycles. The molecule has 0 saturated heterocycles. The molecule has 3 heteroatoms. The van der Waals surface area contributed by atoms with Gasteiger partial charge in [0.25, 0.3) is 0 Å². The smallest absolute Gasteiger partial charge is 0.132 e. The van der Waals surface area contributed by atoms with E-state index in [4.69, 9.17) is 0 Å². The number of hydrogen-bond donors (Lipinski definition) is 0. The van der Waals surface area contributed by atoms with Crippen LogP contribution in [0.5, 0.6) is 0 Å². The predicted molar refractivity (Wildman–Crippen MR) is 101 cm³/mol. The zero-order chi connectivity index (χ0) is 16.9. The van der Waals surface area contributed by atoms with Gasteiger partial charge in [-0.25, -0.2) is 4.39 Å². The van der Waals surface area contributed by atoms with E-state index in [-0.39, 0.29) is 5.82 Å². The van der Waals surface area contributed by atoms with Gasteiger partial charge in [-0.2, -0.15) is 0 Å². The van der Waals surface area contributed by atoms with Crippen LogP contribution in [0.3, 0.4) is 0 Å².